The molecule has 1 fully saturated rings. The second kappa shape index (κ2) is 6.59. The quantitative estimate of drug-likeness (QED) is 0.719. The molecule has 2 nitrogen and oxygen atoms in total. The van der Waals surface area contributed by atoms with E-state index in [0.717, 1.165) is 31.6 Å². The van der Waals surface area contributed by atoms with Crippen molar-refractivity contribution in [2.75, 3.05) is 13.2 Å². The maximum absolute atomic E-state index is 10.1. The van der Waals surface area contributed by atoms with Crippen molar-refractivity contribution in [2.24, 2.45) is 5.92 Å². The van der Waals surface area contributed by atoms with Gasteiger partial charge in [0.05, 0.1) is 6.10 Å². The summed E-state index contributed by atoms with van der Waals surface area (Å²) in [6.07, 6.45) is 9.00. The van der Waals surface area contributed by atoms with Gasteiger partial charge in [-0.05, 0) is 31.3 Å². The lowest BCUT2D eigenvalue weighted by atomic mass is 9.89. The second-order valence-electron chi connectivity index (χ2n) is 3.79. The molecule has 84 valence electrons. The minimum absolute atomic E-state index is 0.313. The van der Waals surface area contributed by atoms with E-state index >= 15 is 0 Å². The molecule has 1 aliphatic rings. The summed E-state index contributed by atoms with van der Waals surface area (Å²) < 4.78 is 5.27. The Hall–Kier alpha value is -0.860. The van der Waals surface area contributed by atoms with E-state index in [1.807, 2.05) is 25.2 Å². The van der Waals surface area contributed by atoms with Gasteiger partial charge in [0.25, 0.3) is 0 Å². The number of ether oxygens (including phenoxy) is 1. The molecule has 0 aliphatic carbocycles. The van der Waals surface area contributed by atoms with Gasteiger partial charge in [0.2, 0.25) is 0 Å². The van der Waals surface area contributed by atoms with Crippen LogP contribution in [0.5, 0.6) is 0 Å². The van der Waals surface area contributed by atoms with Crippen LogP contribution in [0.15, 0.2) is 36.5 Å². The summed E-state index contributed by atoms with van der Waals surface area (Å²) in [6.45, 7) is 7.21. The molecule has 0 unspecified atom stereocenters. The van der Waals surface area contributed by atoms with E-state index in [-0.39, 0.29) is 0 Å². The van der Waals surface area contributed by atoms with E-state index in [1.165, 1.54) is 0 Å². The van der Waals surface area contributed by atoms with Gasteiger partial charge in [-0.15, -0.1) is 0 Å². The number of rotatable bonds is 4. The van der Waals surface area contributed by atoms with Crippen molar-refractivity contribution < 1.29 is 9.84 Å². The first-order valence-corrected chi connectivity index (χ1v) is 5.50. The third-order valence-corrected chi connectivity index (χ3v) is 2.77. The Morgan fingerprint density at radius 1 is 1.47 bits per heavy atom. The number of aliphatic hydroxyl groups excluding tert-OH is 1. The predicted molar refractivity (Wildman–Crippen MR) is 62.6 cm³/mol. The van der Waals surface area contributed by atoms with Gasteiger partial charge in [-0.1, -0.05) is 30.9 Å². The van der Waals surface area contributed by atoms with E-state index < -0.39 is 6.10 Å². The zero-order valence-electron chi connectivity index (χ0n) is 9.36. The van der Waals surface area contributed by atoms with Crippen LogP contribution in [-0.4, -0.2) is 24.4 Å². The van der Waals surface area contributed by atoms with Crippen LogP contribution in [0.25, 0.3) is 0 Å². The second-order valence-corrected chi connectivity index (χ2v) is 3.79. The Morgan fingerprint density at radius 3 is 2.67 bits per heavy atom. The molecule has 0 spiro atoms. The third kappa shape index (κ3) is 3.65. The summed E-state index contributed by atoms with van der Waals surface area (Å²) in [6, 6.07) is 0. The molecule has 0 aromatic carbocycles. The molecule has 0 bridgehead atoms. The van der Waals surface area contributed by atoms with Gasteiger partial charge in [-0.3, -0.25) is 0 Å². The minimum Gasteiger partial charge on any atom is -0.388 e. The summed E-state index contributed by atoms with van der Waals surface area (Å²) >= 11 is 0. The molecule has 2 heteroatoms. The number of allylic oxidation sites excluding steroid dienone is 3. The van der Waals surface area contributed by atoms with Crippen molar-refractivity contribution in [1.82, 2.24) is 0 Å². The highest BCUT2D eigenvalue weighted by atomic mass is 16.5. The highest BCUT2D eigenvalue weighted by Crippen LogP contribution is 2.23. The first-order chi connectivity index (χ1) is 7.29. The number of aliphatic hydroxyl groups is 1. The Labute approximate surface area is 92.0 Å². The lowest BCUT2D eigenvalue weighted by Gasteiger charge is -2.27. The van der Waals surface area contributed by atoms with Crippen molar-refractivity contribution in [3.8, 4) is 0 Å². The van der Waals surface area contributed by atoms with Crippen molar-refractivity contribution in [1.29, 1.82) is 0 Å². The van der Waals surface area contributed by atoms with Crippen LogP contribution in [-0.2, 0) is 4.74 Å². The van der Waals surface area contributed by atoms with E-state index in [4.69, 9.17) is 4.74 Å². The van der Waals surface area contributed by atoms with Crippen LogP contribution in [0.4, 0.5) is 0 Å². The van der Waals surface area contributed by atoms with E-state index in [2.05, 4.69) is 6.58 Å². The zero-order valence-corrected chi connectivity index (χ0v) is 9.36. The lowest BCUT2D eigenvalue weighted by molar-refractivity contribution is 0.0222. The van der Waals surface area contributed by atoms with Crippen LogP contribution in [0.2, 0.25) is 0 Å². The molecule has 0 saturated carbocycles. The average molecular weight is 208 g/mol. The lowest BCUT2D eigenvalue weighted by Crippen LogP contribution is -2.28. The minimum atomic E-state index is -0.400. The fourth-order valence-corrected chi connectivity index (χ4v) is 1.80. The summed E-state index contributed by atoms with van der Waals surface area (Å²) in [5.41, 5.74) is 0.903. The molecular weight excluding hydrogens is 188 g/mol. The maximum Gasteiger partial charge on any atom is 0.0819 e. The topological polar surface area (TPSA) is 29.5 Å². The van der Waals surface area contributed by atoms with Gasteiger partial charge in [0.1, 0.15) is 0 Å². The molecule has 0 radical (unpaired) electrons. The molecule has 1 rings (SSSR count). The van der Waals surface area contributed by atoms with Crippen molar-refractivity contribution >= 4 is 0 Å². The largest absolute Gasteiger partial charge is 0.388 e. The van der Waals surface area contributed by atoms with Crippen LogP contribution in [0.3, 0.4) is 0 Å². The normalized spacial score (nSPS) is 21.9. The first kappa shape index (κ1) is 12.2. The van der Waals surface area contributed by atoms with Crippen LogP contribution in [0.1, 0.15) is 19.8 Å². The van der Waals surface area contributed by atoms with Gasteiger partial charge in [-0.2, -0.15) is 0 Å². The molecule has 15 heavy (non-hydrogen) atoms. The summed E-state index contributed by atoms with van der Waals surface area (Å²) in [5.74, 6) is 0.313. The highest BCUT2D eigenvalue weighted by molar-refractivity contribution is 5.26. The van der Waals surface area contributed by atoms with Crippen molar-refractivity contribution in [3.05, 3.63) is 36.5 Å². The Morgan fingerprint density at radius 2 is 2.13 bits per heavy atom. The first-order valence-electron chi connectivity index (χ1n) is 5.50. The maximum atomic E-state index is 10.1. The Balaban J connectivity index is 2.62. The fraction of sp³-hybridized carbons (Fsp3) is 0.538. The van der Waals surface area contributed by atoms with Crippen LogP contribution < -0.4 is 0 Å². The SMILES string of the molecule is C=C/C(=C\C=C/C)[C@H](O)C1CCOCC1. The van der Waals surface area contributed by atoms with E-state index in [1.54, 1.807) is 6.08 Å². The molecule has 0 aromatic rings. The van der Waals surface area contributed by atoms with E-state index in [0.29, 0.717) is 5.92 Å². The third-order valence-electron chi connectivity index (χ3n) is 2.77. The monoisotopic (exact) mass is 208 g/mol. The summed E-state index contributed by atoms with van der Waals surface area (Å²) in [4.78, 5) is 0. The predicted octanol–water partition coefficient (Wildman–Crippen LogP) is 2.46. The summed E-state index contributed by atoms with van der Waals surface area (Å²) in [7, 11) is 0. The highest BCUT2D eigenvalue weighted by Gasteiger charge is 2.23. The standard InChI is InChI=1S/C13H20O2/c1-3-5-6-11(4-2)13(14)12-7-9-15-10-8-12/h3-6,12-14H,2,7-10H2,1H3/b5-3-,11-6+/t13-/m0/s1. The van der Waals surface area contributed by atoms with Gasteiger partial charge < -0.3 is 9.84 Å². The molecule has 0 aromatic heterocycles. The smallest absolute Gasteiger partial charge is 0.0819 e. The Kier molecular flexibility index (Phi) is 5.37. The number of hydrogen-bond acceptors (Lipinski definition) is 2. The molecular formula is C13H20O2. The van der Waals surface area contributed by atoms with Gasteiger partial charge in [0.15, 0.2) is 0 Å². The van der Waals surface area contributed by atoms with Crippen LogP contribution >= 0.6 is 0 Å². The fourth-order valence-electron chi connectivity index (χ4n) is 1.80. The van der Waals surface area contributed by atoms with Crippen molar-refractivity contribution in [2.45, 2.75) is 25.9 Å². The van der Waals surface area contributed by atoms with Crippen molar-refractivity contribution in [3.63, 3.8) is 0 Å². The zero-order chi connectivity index (χ0) is 11.1. The summed E-state index contributed by atoms with van der Waals surface area (Å²) in [5, 5.41) is 10.1. The molecule has 1 atom stereocenters. The van der Waals surface area contributed by atoms with Crippen LogP contribution in [0, 0.1) is 5.92 Å². The Bertz CT molecular complexity index is 247. The van der Waals surface area contributed by atoms with Gasteiger partial charge in [-0.25, -0.2) is 0 Å². The molecule has 0 amide bonds. The van der Waals surface area contributed by atoms with Gasteiger partial charge >= 0.3 is 0 Å². The number of hydrogen-bond donors (Lipinski definition) is 1. The molecule has 1 saturated heterocycles. The molecule has 1 N–H and O–H groups in total. The molecule has 1 aliphatic heterocycles. The molecule has 1 heterocycles. The van der Waals surface area contributed by atoms with Gasteiger partial charge in [0, 0.05) is 13.2 Å². The van der Waals surface area contributed by atoms with E-state index in [9.17, 15) is 5.11 Å². The average Bonchev–Trinajstić information content (AvgIpc) is 2.31.